The summed E-state index contributed by atoms with van der Waals surface area (Å²) in [5.74, 6) is 0.583. The van der Waals surface area contributed by atoms with E-state index in [1.807, 2.05) is 11.8 Å². The summed E-state index contributed by atoms with van der Waals surface area (Å²) in [4.78, 5) is 18.6. The van der Waals surface area contributed by atoms with Crippen LogP contribution in [0.3, 0.4) is 0 Å². The largest absolute Gasteiger partial charge is 0.375 e. The third kappa shape index (κ3) is 4.40. The normalized spacial score (nSPS) is 21.2. The van der Waals surface area contributed by atoms with Gasteiger partial charge in [-0.15, -0.1) is 0 Å². The van der Waals surface area contributed by atoms with E-state index in [9.17, 15) is 9.18 Å². The molecule has 0 unspecified atom stereocenters. The molecule has 0 aliphatic carbocycles. The standard InChI is InChI=1S/C17H21FN4O3/c1-11-16(17-20-12(2)21-25-17)22(7-8-24-11)10-15(23)19-9-13-3-5-14(18)6-4-13/h3-6,11,16H,7-10H2,1-2H3,(H,19,23)/t11-,16+/m1/s1. The summed E-state index contributed by atoms with van der Waals surface area (Å²) in [7, 11) is 0. The van der Waals surface area contributed by atoms with Gasteiger partial charge in [-0.1, -0.05) is 17.3 Å². The Labute approximate surface area is 145 Å². The Morgan fingerprint density at radius 1 is 1.40 bits per heavy atom. The fourth-order valence-electron chi connectivity index (χ4n) is 2.89. The van der Waals surface area contributed by atoms with E-state index in [1.165, 1.54) is 12.1 Å². The van der Waals surface area contributed by atoms with Gasteiger partial charge in [-0.2, -0.15) is 4.98 Å². The number of morpholine rings is 1. The van der Waals surface area contributed by atoms with E-state index in [2.05, 4.69) is 15.5 Å². The number of ether oxygens (including phenoxy) is 1. The van der Waals surface area contributed by atoms with E-state index in [0.29, 0.717) is 31.4 Å². The van der Waals surface area contributed by atoms with E-state index >= 15 is 0 Å². The SMILES string of the molecule is Cc1noc([C@@H]2[C@@H](C)OCCN2CC(=O)NCc2ccc(F)cc2)n1. The van der Waals surface area contributed by atoms with Crippen LogP contribution in [0.5, 0.6) is 0 Å². The van der Waals surface area contributed by atoms with E-state index < -0.39 is 0 Å². The molecule has 1 aromatic heterocycles. The molecule has 8 heteroatoms. The summed E-state index contributed by atoms with van der Waals surface area (Å²) < 4.78 is 23.9. The molecule has 0 saturated carbocycles. The molecule has 0 radical (unpaired) electrons. The maximum Gasteiger partial charge on any atom is 0.246 e. The van der Waals surface area contributed by atoms with Gasteiger partial charge in [0.15, 0.2) is 5.82 Å². The van der Waals surface area contributed by atoms with Crippen LogP contribution in [0, 0.1) is 12.7 Å². The Morgan fingerprint density at radius 2 is 2.16 bits per heavy atom. The summed E-state index contributed by atoms with van der Waals surface area (Å²) in [6.07, 6.45) is -0.154. The highest BCUT2D eigenvalue weighted by atomic mass is 19.1. The van der Waals surface area contributed by atoms with Gasteiger partial charge in [0.25, 0.3) is 0 Å². The lowest BCUT2D eigenvalue weighted by atomic mass is 10.1. The second-order valence-electron chi connectivity index (χ2n) is 6.07. The Hall–Kier alpha value is -2.32. The van der Waals surface area contributed by atoms with E-state index in [4.69, 9.17) is 9.26 Å². The average Bonchev–Trinajstić information content (AvgIpc) is 3.00. The van der Waals surface area contributed by atoms with Crippen LogP contribution < -0.4 is 5.32 Å². The predicted molar refractivity (Wildman–Crippen MR) is 87.0 cm³/mol. The number of nitrogens with zero attached hydrogens (tertiary/aromatic N) is 3. The minimum absolute atomic E-state index is 0.125. The molecule has 2 aromatic rings. The number of benzene rings is 1. The molecular formula is C17H21FN4O3. The van der Waals surface area contributed by atoms with Gasteiger partial charge in [-0.3, -0.25) is 9.69 Å². The minimum atomic E-state index is -0.296. The molecular weight excluding hydrogens is 327 g/mol. The van der Waals surface area contributed by atoms with Crippen LogP contribution in [0.2, 0.25) is 0 Å². The lowest BCUT2D eigenvalue weighted by molar-refractivity contribution is -0.128. The number of aromatic nitrogens is 2. The van der Waals surface area contributed by atoms with Crippen LogP contribution in [0.1, 0.15) is 30.2 Å². The Balaban J connectivity index is 1.61. The molecule has 2 atom stereocenters. The molecule has 7 nitrogen and oxygen atoms in total. The van der Waals surface area contributed by atoms with Crippen LogP contribution in [0.4, 0.5) is 4.39 Å². The molecule has 1 N–H and O–H groups in total. The Kier molecular flexibility index (Phi) is 5.40. The van der Waals surface area contributed by atoms with E-state index in [0.717, 1.165) is 5.56 Å². The first-order valence-corrected chi connectivity index (χ1v) is 8.20. The highest BCUT2D eigenvalue weighted by Gasteiger charge is 2.35. The zero-order chi connectivity index (χ0) is 17.8. The first kappa shape index (κ1) is 17.5. The molecule has 25 heavy (non-hydrogen) atoms. The topological polar surface area (TPSA) is 80.5 Å². The second-order valence-corrected chi connectivity index (χ2v) is 6.07. The maximum atomic E-state index is 12.9. The Morgan fingerprint density at radius 3 is 2.84 bits per heavy atom. The number of amides is 1. The molecule has 0 spiro atoms. The number of aryl methyl sites for hydroxylation is 1. The summed E-state index contributed by atoms with van der Waals surface area (Å²) >= 11 is 0. The fraction of sp³-hybridized carbons (Fsp3) is 0.471. The predicted octanol–water partition coefficient (Wildman–Crippen LogP) is 1.60. The van der Waals surface area contributed by atoms with Crippen molar-refractivity contribution in [1.82, 2.24) is 20.4 Å². The Bertz CT molecular complexity index is 719. The highest BCUT2D eigenvalue weighted by molar-refractivity contribution is 5.78. The number of rotatable bonds is 5. The first-order valence-electron chi connectivity index (χ1n) is 8.20. The van der Waals surface area contributed by atoms with Crippen LogP contribution in [0.25, 0.3) is 0 Å². The quantitative estimate of drug-likeness (QED) is 0.884. The van der Waals surface area contributed by atoms with Crippen molar-refractivity contribution in [2.75, 3.05) is 19.7 Å². The van der Waals surface area contributed by atoms with Crippen molar-refractivity contribution >= 4 is 5.91 Å². The molecule has 0 bridgehead atoms. The maximum absolute atomic E-state index is 12.9. The number of carbonyl (C=O) groups excluding carboxylic acids is 1. The summed E-state index contributed by atoms with van der Waals surface area (Å²) in [6.45, 7) is 5.36. The minimum Gasteiger partial charge on any atom is -0.375 e. The third-order valence-corrected chi connectivity index (χ3v) is 4.14. The summed E-state index contributed by atoms with van der Waals surface area (Å²) in [5, 5.41) is 6.67. The van der Waals surface area contributed by atoms with Crippen molar-refractivity contribution in [2.45, 2.75) is 32.5 Å². The fourth-order valence-corrected chi connectivity index (χ4v) is 2.89. The van der Waals surface area contributed by atoms with Crippen molar-refractivity contribution in [1.29, 1.82) is 0 Å². The third-order valence-electron chi connectivity index (χ3n) is 4.14. The summed E-state index contributed by atoms with van der Waals surface area (Å²) in [6, 6.07) is 5.79. The lowest BCUT2D eigenvalue weighted by Crippen LogP contribution is -2.48. The zero-order valence-electron chi connectivity index (χ0n) is 14.2. The summed E-state index contributed by atoms with van der Waals surface area (Å²) in [5.41, 5.74) is 0.842. The monoisotopic (exact) mass is 348 g/mol. The van der Waals surface area contributed by atoms with Gasteiger partial charge in [0.1, 0.15) is 11.9 Å². The first-order chi connectivity index (χ1) is 12.0. The smallest absolute Gasteiger partial charge is 0.246 e. The van der Waals surface area contributed by atoms with Crippen molar-refractivity contribution in [3.63, 3.8) is 0 Å². The van der Waals surface area contributed by atoms with Crippen LogP contribution >= 0.6 is 0 Å². The molecule has 2 heterocycles. The van der Waals surface area contributed by atoms with Gasteiger partial charge in [-0.25, -0.2) is 4.39 Å². The van der Waals surface area contributed by atoms with Crippen molar-refractivity contribution in [3.05, 3.63) is 47.4 Å². The van der Waals surface area contributed by atoms with Crippen LogP contribution in [0.15, 0.2) is 28.8 Å². The van der Waals surface area contributed by atoms with Gasteiger partial charge in [0.2, 0.25) is 11.8 Å². The van der Waals surface area contributed by atoms with Crippen LogP contribution in [-0.2, 0) is 16.1 Å². The van der Waals surface area contributed by atoms with Crippen LogP contribution in [-0.4, -0.2) is 46.7 Å². The number of carbonyl (C=O) groups is 1. The molecule has 1 amide bonds. The van der Waals surface area contributed by atoms with Crippen molar-refractivity contribution in [2.24, 2.45) is 0 Å². The van der Waals surface area contributed by atoms with Gasteiger partial charge in [0, 0.05) is 13.1 Å². The number of nitrogens with one attached hydrogen (secondary N) is 1. The number of hydrogen-bond donors (Lipinski definition) is 1. The van der Waals surface area contributed by atoms with Crippen molar-refractivity contribution < 1.29 is 18.4 Å². The molecule has 1 fully saturated rings. The molecule has 134 valence electrons. The molecule has 1 aliphatic heterocycles. The molecule has 3 rings (SSSR count). The zero-order valence-corrected chi connectivity index (χ0v) is 14.2. The van der Waals surface area contributed by atoms with Gasteiger partial charge < -0.3 is 14.6 Å². The molecule has 1 aromatic carbocycles. The average molecular weight is 348 g/mol. The number of halogens is 1. The second kappa shape index (κ2) is 7.71. The van der Waals surface area contributed by atoms with E-state index in [1.54, 1.807) is 19.1 Å². The molecule has 1 saturated heterocycles. The van der Waals surface area contributed by atoms with E-state index in [-0.39, 0.29) is 30.4 Å². The van der Waals surface area contributed by atoms with Gasteiger partial charge in [-0.05, 0) is 31.5 Å². The van der Waals surface area contributed by atoms with Gasteiger partial charge in [0.05, 0.1) is 19.3 Å². The van der Waals surface area contributed by atoms with Crippen molar-refractivity contribution in [3.8, 4) is 0 Å². The lowest BCUT2D eigenvalue weighted by Gasteiger charge is -2.37. The highest BCUT2D eigenvalue weighted by Crippen LogP contribution is 2.27. The number of hydrogen-bond acceptors (Lipinski definition) is 6. The van der Waals surface area contributed by atoms with Gasteiger partial charge >= 0.3 is 0 Å². The molecule has 1 aliphatic rings.